The number of carbonyl (C=O) groups excluding carboxylic acids is 1. The fourth-order valence-corrected chi connectivity index (χ4v) is 3.66. The molecule has 2 fully saturated rings. The van der Waals surface area contributed by atoms with Crippen molar-refractivity contribution in [2.75, 3.05) is 0 Å². The second kappa shape index (κ2) is 5.44. The van der Waals surface area contributed by atoms with Crippen LogP contribution >= 0.6 is 0 Å². The summed E-state index contributed by atoms with van der Waals surface area (Å²) in [7, 11) is 0. The Labute approximate surface area is 125 Å². The molecule has 5 heteroatoms. The molecule has 2 unspecified atom stereocenters. The Morgan fingerprint density at radius 3 is 2.57 bits per heavy atom. The number of imidazole rings is 1. The normalized spacial score (nSPS) is 31.5. The van der Waals surface area contributed by atoms with Gasteiger partial charge in [-0.1, -0.05) is 13.8 Å². The highest BCUT2D eigenvalue weighted by molar-refractivity contribution is 5.87. The highest BCUT2D eigenvalue weighted by atomic mass is 16.5. The highest BCUT2D eigenvalue weighted by Crippen LogP contribution is 2.37. The smallest absolute Gasteiger partial charge is 0.356 e. The minimum absolute atomic E-state index is 0.0264. The molecule has 21 heavy (non-hydrogen) atoms. The Balaban J connectivity index is 1.63. The van der Waals surface area contributed by atoms with Crippen LogP contribution in [0.2, 0.25) is 0 Å². The van der Waals surface area contributed by atoms with E-state index in [1.54, 1.807) is 6.20 Å². The van der Waals surface area contributed by atoms with Gasteiger partial charge in [0.25, 0.3) is 0 Å². The van der Waals surface area contributed by atoms with E-state index in [0.717, 1.165) is 32.1 Å². The van der Waals surface area contributed by atoms with Crippen LogP contribution in [0.15, 0.2) is 6.20 Å². The minimum Gasteiger partial charge on any atom is -0.458 e. The van der Waals surface area contributed by atoms with Crippen molar-refractivity contribution < 1.29 is 9.53 Å². The highest BCUT2D eigenvalue weighted by Gasteiger charge is 2.37. The zero-order valence-corrected chi connectivity index (χ0v) is 12.9. The summed E-state index contributed by atoms with van der Waals surface area (Å²) >= 11 is 0. The average molecular weight is 291 g/mol. The third-order valence-corrected chi connectivity index (χ3v) is 4.92. The zero-order valence-electron chi connectivity index (χ0n) is 12.9. The number of nitrogens with zero attached hydrogens (tertiary/aromatic N) is 1. The fourth-order valence-electron chi connectivity index (χ4n) is 3.66. The SMILES string of the molecule is CC1CC(C)CC(OC(=O)c2cnc(C3(N)CCC3)[nH]2)C1. The molecular weight excluding hydrogens is 266 g/mol. The molecule has 2 atom stereocenters. The first-order valence-electron chi connectivity index (χ1n) is 8.01. The van der Waals surface area contributed by atoms with Gasteiger partial charge in [-0.2, -0.15) is 0 Å². The van der Waals surface area contributed by atoms with Crippen molar-refractivity contribution in [3.8, 4) is 0 Å². The summed E-state index contributed by atoms with van der Waals surface area (Å²) in [6, 6.07) is 0. The third-order valence-electron chi connectivity index (χ3n) is 4.92. The van der Waals surface area contributed by atoms with E-state index in [9.17, 15) is 4.79 Å². The molecule has 0 aromatic carbocycles. The molecule has 1 aromatic rings. The first-order chi connectivity index (χ1) is 9.96. The van der Waals surface area contributed by atoms with E-state index >= 15 is 0 Å². The van der Waals surface area contributed by atoms with Gasteiger partial charge in [-0.05, 0) is 50.4 Å². The molecule has 2 aliphatic rings. The summed E-state index contributed by atoms with van der Waals surface area (Å²) in [6.07, 6.45) is 7.68. The van der Waals surface area contributed by atoms with E-state index in [1.807, 2.05) is 0 Å². The lowest BCUT2D eigenvalue weighted by Gasteiger charge is -2.35. The van der Waals surface area contributed by atoms with E-state index in [1.165, 1.54) is 6.42 Å². The third kappa shape index (κ3) is 2.98. The fraction of sp³-hybridized carbons (Fsp3) is 0.750. The molecule has 3 N–H and O–H groups in total. The molecule has 116 valence electrons. The number of H-pyrrole nitrogens is 1. The van der Waals surface area contributed by atoms with Gasteiger partial charge in [0, 0.05) is 0 Å². The summed E-state index contributed by atoms with van der Waals surface area (Å²) < 4.78 is 5.64. The summed E-state index contributed by atoms with van der Waals surface area (Å²) in [5.74, 6) is 1.64. The molecule has 2 saturated carbocycles. The van der Waals surface area contributed by atoms with Gasteiger partial charge >= 0.3 is 5.97 Å². The summed E-state index contributed by atoms with van der Waals surface area (Å²) in [6.45, 7) is 4.44. The monoisotopic (exact) mass is 291 g/mol. The number of hydrogen-bond acceptors (Lipinski definition) is 4. The first-order valence-corrected chi connectivity index (χ1v) is 8.01. The van der Waals surface area contributed by atoms with Crippen molar-refractivity contribution in [2.24, 2.45) is 17.6 Å². The first kappa shape index (κ1) is 14.6. The van der Waals surface area contributed by atoms with Crippen LogP contribution in [0.1, 0.15) is 68.7 Å². The number of hydrogen-bond donors (Lipinski definition) is 2. The maximum Gasteiger partial charge on any atom is 0.356 e. The number of nitrogens with two attached hydrogens (primary N) is 1. The molecule has 1 aromatic heterocycles. The lowest BCUT2D eigenvalue weighted by molar-refractivity contribution is 0.00747. The summed E-state index contributed by atoms with van der Waals surface area (Å²) in [5.41, 5.74) is 6.27. The Bertz CT molecular complexity index is 511. The minimum atomic E-state index is -0.369. The molecular formula is C16H25N3O2. The van der Waals surface area contributed by atoms with Crippen molar-refractivity contribution in [2.45, 2.75) is 64.0 Å². The van der Waals surface area contributed by atoms with Crippen molar-refractivity contribution >= 4 is 5.97 Å². The zero-order chi connectivity index (χ0) is 15.0. The number of aromatic nitrogens is 2. The molecule has 3 rings (SSSR count). The number of carbonyl (C=O) groups is 1. The van der Waals surface area contributed by atoms with Crippen molar-refractivity contribution in [1.82, 2.24) is 9.97 Å². The van der Waals surface area contributed by atoms with Gasteiger partial charge in [0.05, 0.1) is 11.7 Å². The Hall–Kier alpha value is -1.36. The average Bonchev–Trinajstić information content (AvgIpc) is 2.84. The molecule has 0 bridgehead atoms. The number of rotatable bonds is 3. The molecule has 0 radical (unpaired) electrons. The largest absolute Gasteiger partial charge is 0.458 e. The van der Waals surface area contributed by atoms with Crippen LogP contribution in [0, 0.1) is 11.8 Å². The van der Waals surface area contributed by atoms with Gasteiger partial charge in [-0.3, -0.25) is 0 Å². The Kier molecular flexibility index (Phi) is 3.78. The Morgan fingerprint density at radius 2 is 2.00 bits per heavy atom. The second-order valence-corrected chi connectivity index (χ2v) is 7.10. The van der Waals surface area contributed by atoms with Crippen LogP contribution < -0.4 is 5.73 Å². The number of esters is 1. The molecule has 1 heterocycles. The predicted molar refractivity (Wildman–Crippen MR) is 79.7 cm³/mol. The Morgan fingerprint density at radius 1 is 1.33 bits per heavy atom. The van der Waals surface area contributed by atoms with Gasteiger partial charge in [0.2, 0.25) is 0 Å². The van der Waals surface area contributed by atoms with E-state index in [0.29, 0.717) is 23.4 Å². The summed E-state index contributed by atoms with van der Waals surface area (Å²) in [5, 5.41) is 0. The van der Waals surface area contributed by atoms with Crippen LogP contribution in [0.5, 0.6) is 0 Å². The van der Waals surface area contributed by atoms with Crippen molar-refractivity contribution in [1.29, 1.82) is 0 Å². The molecule has 0 aliphatic heterocycles. The van der Waals surface area contributed by atoms with Crippen molar-refractivity contribution in [3.63, 3.8) is 0 Å². The number of nitrogens with one attached hydrogen (secondary N) is 1. The number of ether oxygens (including phenoxy) is 1. The maximum absolute atomic E-state index is 12.2. The van der Waals surface area contributed by atoms with E-state index in [4.69, 9.17) is 10.5 Å². The van der Waals surface area contributed by atoms with Crippen LogP contribution in [0.25, 0.3) is 0 Å². The standard InChI is InChI=1S/C16H25N3O2/c1-10-6-11(2)8-12(7-10)21-14(20)13-9-18-15(19-13)16(17)4-3-5-16/h9-12H,3-8,17H2,1-2H3,(H,18,19). The van der Waals surface area contributed by atoms with Gasteiger partial charge in [-0.25, -0.2) is 9.78 Å². The maximum atomic E-state index is 12.2. The molecule has 0 saturated heterocycles. The van der Waals surface area contributed by atoms with Crippen molar-refractivity contribution in [3.05, 3.63) is 17.7 Å². The quantitative estimate of drug-likeness (QED) is 0.839. The lowest BCUT2D eigenvalue weighted by Crippen LogP contribution is -2.44. The topological polar surface area (TPSA) is 81.0 Å². The van der Waals surface area contributed by atoms with Gasteiger partial charge in [0.1, 0.15) is 17.6 Å². The van der Waals surface area contributed by atoms with Crippen LogP contribution in [-0.2, 0) is 10.3 Å². The number of aromatic amines is 1. The van der Waals surface area contributed by atoms with E-state index < -0.39 is 0 Å². The van der Waals surface area contributed by atoms with Crippen LogP contribution in [0.4, 0.5) is 0 Å². The van der Waals surface area contributed by atoms with E-state index in [-0.39, 0.29) is 17.6 Å². The van der Waals surface area contributed by atoms with Gasteiger partial charge in [-0.15, -0.1) is 0 Å². The van der Waals surface area contributed by atoms with Crippen LogP contribution in [0.3, 0.4) is 0 Å². The van der Waals surface area contributed by atoms with E-state index in [2.05, 4.69) is 23.8 Å². The molecule has 0 amide bonds. The van der Waals surface area contributed by atoms with Gasteiger partial charge in [0.15, 0.2) is 0 Å². The molecule has 0 spiro atoms. The predicted octanol–water partition coefficient (Wildman–Crippen LogP) is 2.73. The summed E-state index contributed by atoms with van der Waals surface area (Å²) in [4.78, 5) is 19.6. The second-order valence-electron chi connectivity index (χ2n) is 7.10. The molecule has 5 nitrogen and oxygen atoms in total. The van der Waals surface area contributed by atoms with Crippen LogP contribution in [-0.4, -0.2) is 22.0 Å². The lowest BCUT2D eigenvalue weighted by atomic mass is 9.77. The molecule has 2 aliphatic carbocycles. The van der Waals surface area contributed by atoms with Gasteiger partial charge < -0.3 is 15.5 Å².